The molecule has 2 N–H and O–H groups in total. The van der Waals surface area contributed by atoms with Crippen molar-refractivity contribution in [3.8, 4) is 5.75 Å². The molecule has 0 saturated carbocycles. The highest BCUT2D eigenvalue weighted by Gasteiger charge is 2.15. The topological polar surface area (TPSA) is 83.0 Å². The molecule has 0 atom stereocenters. The van der Waals surface area contributed by atoms with Crippen LogP contribution in [0.15, 0.2) is 53.5 Å². The second kappa shape index (κ2) is 13.6. The van der Waals surface area contributed by atoms with Crippen LogP contribution in [0.5, 0.6) is 5.75 Å². The molecule has 178 valence electrons. The van der Waals surface area contributed by atoms with E-state index in [0.29, 0.717) is 13.1 Å². The van der Waals surface area contributed by atoms with Crippen LogP contribution < -0.4 is 14.8 Å². The number of hydrogen-bond acceptors (Lipinski definition) is 4. The minimum Gasteiger partial charge on any atom is -0.497 e. The largest absolute Gasteiger partial charge is 0.497 e. The van der Waals surface area contributed by atoms with Gasteiger partial charge in [-0.2, -0.15) is 0 Å². The first kappa shape index (κ1) is 28.2. The van der Waals surface area contributed by atoms with Gasteiger partial charge in [0.15, 0.2) is 5.96 Å². The molecule has 32 heavy (non-hydrogen) atoms. The van der Waals surface area contributed by atoms with Gasteiger partial charge in [-0.05, 0) is 49.6 Å². The highest BCUT2D eigenvalue weighted by Crippen LogP contribution is 2.15. The summed E-state index contributed by atoms with van der Waals surface area (Å²) in [5, 5.41) is 3.31. The molecule has 0 radical (unpaired) electrons. The van der Waals surface area contributed by atoms with Gasteiger partial charge in [-0.25, -0.2) is 18.1 Å². The molecule has 0 unspecified atom stereocenters. The van der Waals surface area contributed by atoms with Crippen LogP contribution in [0.4, 0.5) is 0 Å². The monoisotopic (exact) mass is 574 g/mol. The third kappa shape index (κ3) is 9.33. The zero-order valence-corrected chi connectivity index (χ0v) is 22.6. The number of ether oxygens (including phenoxy) is 1. The maximum Gasteiger partial charge on any atom is 0.216 e. The van der Waals surface area contributed by atoms with Crippen LogP contribution in [0, 0.1) is 0 Å². The third-order valence-electron chi connectivity index (χ3n) is 4.55. The van der Waals surface area contributed by atoms with Crippen molar-refractivity contribution in [2.45, 2.75) is 45.7 Å². The standard InChI is InChI=1S/C23H34N4O3S.HI/c1-6-24-23(27(4)16-19-11-13-22(30-5)14-12-19)25-15-20-9-7-8-10-21(20)17-31(28,29)26-18(2)3;/h7-14,18,26H,6,15-17H2,1-5H3,(H,24,25);1H. The minimum absolute atomic E-state index is 0. The van der Waals surface area contributed by atoms with E-state index in [9.17, 15) is 8.42 Å². The molecule has 0 fully saturated rings. The van der Waals surface area contributed by atoms with Crippen LogP contribution in [0.25, 0.3) is 0 Å². The van der Waals surface area contributed by atoms with E-state index in [4.69, 9.17) is 9.73 Å². The maximum atomic E-state index is 12.4. The lowest BCUT2D eigenvalue weighted by Crippen LogP contribution is -2.38. The molecular weight excluding hydrogens is 539 g/mol. The number of halogens is 1. The van der Waals surface area contributed by atoms with Crippen molar-refractivity contribution in [2.75, 3.05) is 20.7 Å². The molecule has 9 heteroatoms. The Morgan fingerprint density at radius 3 is 2.28 bits per heavy atom. The van der Waals surface area contributed by atoms with Crippen molar-refractivity contribution in [1.82, 2.24) is 14.9 Å². The molecule has 2 aromatic rings. The van der Waals surface area contributed by atoms with E-state index in [0.717, 1.165) is 34.9 Å². The summed E-state index contributed by atoms with van der Waals surface area (Å²) in [5.41, 5.74) is 2.79. The fourth-order valence-corrected chi connectivity index (χ4v) is 4.66. The molecule has 2 rings (SSSR count). The predicted molar refractivity (Wildman–Crippen MR) is 142 cm³/mol. The lowest BCUT2D eigenvalue weighted by Gasteiger charge is -2.22. The summed E-state index contributed by atoms with van der Waals surface area (Å²) in [5.74, 6) is 1.52. The van der Waals surface area contributed by atoms with E-state index in [1.54, 1.807) is 7.11 Å². The Bertz CT molecular complexity index is 963. The average molecular weight is 575 g/mol. The van der Waals surface area contributed by atoms with Crippen molar-refractivity contribution in [1.29, 1.82) is 0 Å². The number of nitrogens with zero attached hydrogens (tertiary/aromatic N) is 2. The first-order valence-electron chi connectivity index (χ1n) is 10.4. The lowest BCUT2D eigenvalue weighted by molar-refractivity contribution is 0.414. The Kier molecular flexibility index (Phi) is 12.0. The molecule has 0 aromatic heterocycles. The quantitative estimate of drug-likeness (QED) is 0.257. The van der Waals surface area contributed by atoms with Gasteiger partial charge < -0.3 is 15.0 Å². The van der Waals surface area contributed by atoms with E-state index in [-0.39, 0.29) is 35.8 Å². The number of benzene rings is 2. The Morgan fingerprint density at radius 1 is 1.09 bits per heavy atom. The highest BCUT2D eigenvalue weighted by atomic mass is 127. The van der Waals surface area contributed by atoms with Gasteiger partial charge >= 0.3 is 0 Å². The van der Waals surface area contributed by atoms with Gasteiger partial charge in [-0.3, -0.25) is 0 Å². The van der Waals surface area contributed by atoms with Crippen molar-refractivity contribution in [2.24, 2.45) is 4.99 Å². The van der Waals surface area contributed by atoms with Crippen LogP contribution in [0.2, 0.25) is 0 Å². The minimum atomic E-state index is -3.40. The molecule has 0 aliphatic carbocycles. The average Bonchev–Trinajstić information content (AvgIpc) is 2.71. The second-order valence-corrected chi connectivity index (χ2v) is 9.43. The highest BCUT2D eigenvalue weighted by molar-refractivity contribution is 14.0. The first-order valence-corrected chi connectivity index (χ1v) is 12.1. The molecule has 0 bridgehead atoms. The van der Waals surface area contributed by atoms with Gasteiger partial charge in [0.2, 0.25) is 10.0 Å². The van der Waals surface area contributed by atoms with Crippen molar-refractivity contribution >= 4 is 40.0 Å². The Morgan fingerprint density at radius 2 is 1.72 bits per heavy atom. The van der Waals surface area contributed by atoms with Crippen LogP contribution in [-0.4, -0.2) is 46.0 Å². The Labute approximate surface area is 209 Å². The van der Waals surface area contributed by atoms with E-state index >= 15 is 0 Å². The van der Waals surface area contributed by atoms with Crippen LogP contribution in [0.1, 0.15) is 37.5 Å². The zero-order valence-electron chi connectivity index (χ0n) is 19.5. The van der Waals surface area contributed by atoms with Crippen LogP contribution >= 0.6 is 24.0 Å². The molecule has 0 saturated heterocycles. The maximum absolute atomic E-state index is 12.4. The van der Waals surface area contributed by atoms with E-state index < -0.39 is 10.0 Å². The first-order chi connectivity index (χ1) is 14.7. The smallest absolute Gasteiger partial charge is 0.216 e. The number of methoxy groups -OCH3 is 1. The van der Waals surface area contributed by atoms with Crippen molar-refractivity contribution < 1.29 is 13.2 Å². The number of rotatable bonds is 10. The van der Waals surface area contributed by atoms with Crippen LogP contribution in [-0.2, 0) is 28.9 Å². The summed E-state index contributed by atoms with van der Waals surface area (Å²) >= 11 is 0. The zero-order chi connectivity index (χ0) is 22.9. The van der Waals surface area contributed by atoms with Gasteiger partial charge in [0, 0.05) is 26.2 Å². The molecule has 7 nitrogen and oxygen atoms in total. The number of nitrogens with one attached hydrogen (secondary N) is 2. The Hall–Kier alpha value is -1.85. The van der Waals surface area contributed by atoms with Gasteiger partial charge in [0.05, 0.1) is 19.4 Å². The van der Waals surface area contributed by atoms with Gasteiger partial charge in [0.25, 0.3) is 0 Å². The molecule has 0 aliphatic heterocycles. The lowest BCUT2D eigenvalue weighted by atomic mass is 10.1. The molecule has 2 aromatic carbocycles. The fourth-order valence-electron chi connectivity index (χ4n) is 3.17. The molecule has 0 spiro atoms. The molecule has 0 aliphatic rings. The predicted octanol–water partition coefficient (Wildman–Crippen LogP) is 3.74. The third-order valence-corrected chi connectivity index (χ3v) is 6.08. The summed E-state index contributed by atoms with van der Waals surface area (Å²) in [4.78, 5) is 6.80. The van der Waals surface area contributed by atoms with Crippen molar-refractivity contribution in [3.63, 3.8) is 0 Å². The summed E-state index contributed by atoms with van der Waals surface area (Å²) in [6.45, 7) is 7.46. The van der Waals surface area contributed by atoms with Gasteiger partial charge in [-0.15, -0.1) is 24.0 Å². The van der Waals surface area contributed by atoms with E-state index in [1.165, 1.54) is 0 Å². The molecule has 0 amide bonds. The number of sulfonamides is 1. The number of hydrogen-bond donors (Lipinski definition) is 2. The van der Waals surface area contributed by atoms with Crippen molar-refractivity contribution in [3.05, 3.63) is 65.2 Å². The summed E-state index contributed by atoms with van der Waals surface area (Å²) in [7, 11) is 0.230. The molecular formula is C23H35IN4O3S. The normalized spacial score (nSPS) is 11.8. The molecule has 0 heterocycles. The summed E-state index contributed by atoms with van der Waals surface area (Å²) < 4.78 is 32.6. The number of aliphatic imine (C=N–C) groups is 1. The SMILES string of the molecule is CCNC(=NCc1ccccc1CS(=O)(=O)NC(C)C)N(C)Cc1ccc(OC)cc1.I. The summed E-state index contributed by atoms with van der Waals surface area (Å²) in [6, 6.07) is 15.3. The van der Waals surface area contributed by atoms with Gasteiger partial charge in [0.1, 0.15) is 5.75 Å². The Balaban J connectivity index is 0.00000512. The number of guanidine groups is 1. The van der Waals surface area contributed by atoms with Crippen LogP contribution in [0.3, 0.4) is 0 Å². The summed E-state index contributed by atoms with van der Waals surface area (Å²) in [6.07, 6.45) is 0. The fraction of sp³-hybridized carbons (Fsp3) is 0.435. The van der Waals surface area contributed by atoms with E-state index in [2.05, 4.69) is 10.0 Å². The second-order valence-electron chi connectivity index (χ2n) is 7.67. The van der Waals surface area contributed by atoms with Gasteiger partial charge in [-0.1, -0.05) is 36.4 Å². The van der Waals surface area contributed by atoms with E-state index in [1.807, 2.05) is 81.2 Å².